The second-order valence-electron chi connectivity index (χ2n) is 23.3. The molecule has 0 amide bonds. The zero-order valence-corrected chi connectivity index (χ0v) is 46.6. The van der Waals surface area contributed by atoms with Crippen LogP contribution in [0.3, 0.4) is 0 Å². The zero-order valence-electron chi connectivity index (χ0n) is 46.6. The quantitative estimate of drug-likeness (QED) is 0.133. The number of aromatic nitrogens is 1. The molecule has 390 valence electrons. The Morgan fingerprint density at radius 2 is 0.610 bits per heavy atom. The van der Waals surface area contributed by atoms with Crippen LogP contribution in [0.5, 0.6) is 0 Å². The van der Waals surface area contributed by atoms with Gasteiger partial charge in [0.15, 0.2) is 0 Å². The second kappa shape index (κ2) is 19.4. The Morgan fingerprint density at radius 3 is 1.07 bits per heavy atom. The maximum absolute atomic E-state index is 2.52. The minimum absolute atomic E-state index is 0.250. The Kier molecular flexibility index (Phi) is 11.6. The fourth-order valence-electron chi connectivity index (χ4n) is 13.5. The minimum atomic E-state index is -0.265. The molecular weight excluding hydrogens is 989 g/mol. The van der Waals surface area contributed by atoms with Crippen molar-refractivity contribution in [3.05, 3.63) is 313 Å². The Morgan fingerprint density at radius 1 is 0.268 bits per heavy atom. The first-order valence-corrected chi connectivity index (χ1v) is 28.7. The summed E-state index contributed by atoms with van der Waals surface area (Å²) in [5, 5.41) is 1.25. The zero-order chi connectivity index (χ0) is 55.1. The van der Waals surface area contributed by atoms with E-state index in [4.69, 9.17) is 0 Å². The highest BCUT2D eigenvalue weighted by atomic mass is 15.1. The van der Waals surface area contributed by atoms with Crippen molar-refractivity contribution in [3.8, 4) is 94.8 Å². The summed E-state index contributed by atoms with van der Waals surface area (Å²) < 4.78 is 2.52. The molecule has 2 aliphatic rings. The Bertz CT molecular complexity index is 4450. The number of benzene rings is 12. The molecule has 1 heterocycles. The van der Waals surface area contributed by atoms with Crippen LogP contribution in [0.25, 0.3) is 106 Å². The molecule has 0 radical (unpaired) electrons. The van der Waals surface area contributed by atoms with Gasteiger partial charge in [-0.1, -0.05) is 246 Å². The molecule has 0 atom stereocenters. The van der Waals surface area contributed by atoms with Gasteiger partial charge in [-0.2, -0.15) is 0 Å². The van der Waals surface area contributed by atoms with Crippen LogP contribution in [-0.4, -0.2) is 4.57 Å². The summed E-state index contributed by atoms with van der Waals surface area (Å²) in [5.74, 6) is 0. The van der Waals surface area contributed by atoms with Crippen LogP contribution >= 0.6 is 0 Å². The van der Waals surface area contributed by atoms with Crippen molar-refractivity contribution in [2.45, 2.75) is 38.5 Å². The van der Waals surface area contributed by atoms with Crippen LogP contribution in [0.2, 0.25) is 0 Å². The molecular formula is C80H60N2. The lowest BCUT2D eigenvalue weighted by molar-refractivity contribution is 0.660. The number of fused-ring (bicyclic) bond motifs is 7. The summed E-state index contributed by atoms with van der Waals surface area (Å²) in [6, 6.07) is 108. The van der Waals surface area contributed by atoms with Gasteiger partial charge in [0.2, 0.25) is 0 Å². The second-order valence-corrected chi connectivity index (χ2v) is 23.3. The summed E-state index contributed by atoms with van der Waals surface area (Å²) in [5.41, 5.74) is 30.4. The minimum Gasteiger partial charge on any atom is -0.310 e. The Hall–Kier alpha value is -10.0. The van der Waals surface area contributed by atoms with Crippen LogP contribution < -0.4 is 4.90 Å². The molecule has 0 bridgehead atoms. The highest BCUT2D eigenvalue weighted by Crippen LogP contribution is 2.55. The van der Waals surface area contributed by atoms with Gasteiger partial charge in [0.1, 0.15) is 0 Å². The summed E-state index contributed by atoms with van der Waals surface area (Å²) in [7, 11) is 0. The van der Waals surface area contributed by atoms with E-state index in [1.54, 1.807) is 0 Å². The lowest BCUT2D eigenvalue weighted by Gasteiger charge is -2.28. The standard InChI is InChI=1S/C80H60N2/c1-79(2)72-48-61(36-45-67(72)68-47-44-66(50-74(68)79)81(63-38-30-56(31-39-63)53-20-10-5-11-21-53)64-40-32-57(33-41-64)54-22-12-6-13-23-54)62-37-46-69-70-51-71-76(52-75(70)80(3,4)73(69)49-62)82(65-42-34-58(35-43-65)55-24-14-7-15-25-55)78(60-28-18-9-19-29-60)77(71)59-26-16-8-17-27-59/h5-52H,1-4H3. The molecule has 0 saturated heterocycles. The van der Waals surface area contributed by atoms with Crippen molar-refractivity contribution in [3.63, 3.8) is 0 Å². The van der Waals surface area contributed by atoms with Crippen molar-refractivity contribution < 1.29 is 0 Å². The average Bonchev–Trinajstić information content (AvgIpc) is 2.78. The molecule has 0 unspecified atom stereocenters. The van der Waals surface area contributed by atoms with E-state index in [1.807, 2.05) is 0 Å². The van der Waals surface area contributed by atoms with E-state index in [2.05, 4.69) is 328 Å². The van der Waals surface area contributed by atoms with E-state index < -0.39 is 0 Å². The molecule has 2 aliphatic carbocycles. The monoisotopic (exact) mass is 1050 g/mol. The van der Waals surface area contributed by atoms with Crippen LogP contribution in [0.4, 0.5) is 17.1 Å². The van der Waals surface area contributed by atoms with Gasteiger partial charge in [-0.05, 0) is 173 Å². The van der Waals surface area contributed by atoms with E-state index in [-0.39, 0.29) is 10.8 Å². The van der Waals surface area contributed by atoms with Gasteiger partial charge in [-0.15, -0.1) is 0 Å². The van der Waals surface area contributed by atoms with Gasteiger partial charge >= 0.3 is 0 Å². The van der Waals surface area contributed by atoms with Crippen molar-refractivity contribution in [1.29, 1.82) is 0 Å². The first-order chi connectivity index (χ1) is 40.2. The number of hydrogen-bond donors (Lipinski definition) is 0. The van der Waals surface area contributed by atoms with Crippen molar-refractivity contribution in [2.24, 2.45) is 0 Å². The topological polar surface area (TPSA) is 8.17 Å². The summed E-state index contributed by atoms with van der Waals surface area (Å²) in [6.07, 6.45) is 0. The average molecular weight is 1050 g/mol. The number of anilines is 3. The molecule has 0 saturated carbocycles. The maximum atomic E-state index is 2.52. The summed E-state index contributed by atoms with van der Waals surface area (Å²) in [6.45, 7) is 9.65. The SMILES string of the molecule is CC1(C)c2cc(-c3ccc4c(c3)C(C)(C)c3cc5c(cc3-4)c(-c3ccccc3)c(-c3ccccc3)n5-c3ccc(-c4ccccc4)cc3)ccc2-c2ccc(N(c3ccc(-c4ccccc4)cc3)c3ccc(-c4ccccc4)cc3)cc21. The van der Waals surface area contributed by atoms with Crippen LogP contribution in [0.1, 0.15) is 49.9 Å². The predicted octanol–water partition coefficient (Wildman–Crippen LogP) is 21.7. The molecule has 15 rings (SSSR count). The third-order valence-corrected chi connectivity index (χ3v) is 17.8. The van der Waals surface area contributed by atoms with Crippen LogP contribution in [0, 0.1) is 0 Å². The number of nitrogens with zero attached hydrogens (tertiary/aromatic N) is 2. The third-order valence-electron chi connectivity index (χ3n) is 17.8. The van der Waals surface area contributed by atoms with Gasteiger partial charge in [0.05, 0.1) is 11.2 Å². The maximum Gasteiger partial charge on any atom is 0.0619 e. The normalized spacial score (nSPS) is 13.3. The first-order valence-electron chi connectivity index (χ1n) is 28.7. The lowest BCUT2D eigenvalue weighted by atomic mass is 9.80. The first kappa shape index (κ1) is 49.1. The summed E-state index contributed by atoms with van der Waals surface area (Å²) >= 11 is 0. The lowest BCUT2D eigenvalue weighted by Crippen LogP contribution is -2.17. The number of rotatable bonds is 10. The highest BCUT2D eigenvalue weighted by Gasteiger charge is 2.39. The van der Waals surface area contributed by atoms with Gasteiger partial charge in [0.25, 0.3) is 0 Å². The largest absolute Gasteiger partial charge is 0.310 e. The Balaban J connectivity index is 0.807. The predicted molar refractivity (Wildman–Crippen MR) is 346 cm³/mol. The summed E-state index contributed by atoms with van der Waals surface area (Å²) in [4.78, 5) is 2.41. The third kappa shape index (κ3) is 8.08. The van der Waals surface area contributed by atoms with Gasteiger partial charge in [0, 0.05) is 44.5 Å². The fraction of sp³-hybridized carbons (Fsp3) is 0.0750. The van der Waals surface area contributed by atoms with E-state index >= 15 is 0 Å². The molecule has 2 heteroatoms. The molecule has 12 aromatic carbocycles. The molecule has 1 aromatic heterocycles. The Labute approximate surface area is 481 Å². The van der Waals surface area contributed by atoms with Crippen molar-refractivity contribution in [1.82, 2.24) is 4.57 Å². The molecule has 0 N–H and O–H groups in total. The van der Waals surface area contributed by atoms with E-state index in [9.17, 15) is 0 Å². The van der Waals surface area contributed by atoms with E-state index in [1.165, 1.54) is 122 Å². The smallest absolute Gasteiger partial charge is 0.0619 e. The highest BCUT2D eigenvalue weighted by molar-refractivity contribution is 6.09. The van der Waals surface area contributed by atoms with Gasteiger partial charge < -0.3 is 9.47 Å². The molecule has 0 spiro atoms. The molecule has 2 nitrogen and oxygen atoms in total. The fourth-order valence-corrected chi connectivity index (χ4v) is 13.5. The van der Waals surface area contributed by atoms with Gasteiger partial charge in [-0.25, -0.2) is 0 Å². The van der Waals surface area contributed by atoms with Crippen molar-refractivity contribution >= 4 is 28.0 Å². The van der Waals surface area contributed by atoms with Gasteiger partial charge in [-0.3, -0.25) is 0 Å². The van der Waals surface area contributed by atoms with Crippen LogP contribution in [0.15, 0.2) is 291 Å². The molecule has 13 aromatic rings. The molecule has 0 fully saturated rings. The molecule has 82 heavy (non-hydrogen) atoms. The number of hydrogen-bond acceptors (Lipinski definition) is 1. The van der Waals surface area contributed by atoms with E-state index in [0.717, 1.165) is 22.7 Å². The van der Waals surface area contributed by atoms with E-state index in [0.29, 0.717) is 0 Å². The van der Waals surface area contributed by atoms with Crippen molar-refractivity contribution in [2.75, 3.05) is 4.90 Å². The molecule has 0 aliphatic heterocycles. The van der Waals surface area contributed by atoms with Crippen LogP contribution in [-0.2, 0) is 10.8 Å².